The normalized spacial score (nSPS) is 26.7. The molecule has 154 valence electrons. The van der Waals surface area contributed by atoms with Crippen molar-refractivity contribution in [2.24, 2.45) is 0 Å². The molecule has 2 bridgehead atoms. The van der Waals surface area contributed by atoms with Gasteiger partial charge in [-0.25, -0.2) is 0 Å². The summed E-state index contributed by atoms with van der Waals surface area (Å²) in [4.78, 5) is 0. The summed E-state index contributed by atoms with van der Waals surface area (Å²) in [5.41, 5.74) is 5.09. The van der Waals surface area contributed by atoms with Crippen molar-refractivity contribution in [2.45, 2.75) is 58.2 Å². The van der Waals surface area contributed by atoms with Gasteiger partial charge in [-0.2, -0.15) is 0 Å². The van der Waals surface area contributed by atoms with Crippen LogP contribution in [-0.2, 0) is 17.6 Å². The van der Waals surface area contributed by atoms with E-state index in [1.807, 2.05) is 21.6 Å². The molecule has 0 saturated carbocycles. The van der Waals surface area contributed by atoms with Crippen molar-refractivity contribution in [2.75, 3.05) is 18.1 Å². The number of allylic oxidation sites excluding steroid dienone is 5. The minimum Gasteiger partial charge on any atom is -0.366 e. The molecule has 0 spiro atoms. The molecular weight excluding hydrogens is 384 g/mol. The molecule has 1 N–H and O–H groups in total. The molecule has 3 rings (SSSR count). The van der Waals surface area contributed by atoms with Gasteiger partial charge in [0.2, 0.25) is 0 Å². The number of rotatable bonds is 0. The number of aryl methyl sites for hydroxylation is 2. The Bertz CT molecular complexity index is 660. The Hall–Kier alpha value is -0.940. The van der Waals surface area contributed by atoms with E-state index in [-0.39, 0.29) is 0 Å². The summed E-state index contributed by atoms with van der Waals surface area (Å²) < 4.78 is 5.76. The van der Waals surface area contributed by atoms with E-state index in [1.165, 1.54) is 22.3 Å². The van der Waals surface area contributed by atoms with E-state index < -0.39 is 5.79 Å². The highest BCUT2D eigenvalue weighted by molar-refractivity contribution is 8.76. The summed E-state index contributed by atoms with van der Waals surface area (Å²) in [5, 5.41) is 10.5. The average molecular weight is 419 g/mol. The van der Waals surface area contributed by atoms with Gasteiger partial charge in [-0.05, 0) is 57.1 Å². The first-order chi connectivity index (χ1) is 13.5. The van der Waals surface area contributed by atoms with Gasteiger partial charge in [-0.1, -0.05) is 81.8 Å². The molecule has 1 aromatic rings. The Labute approximate surface area is 178 Å². The first kappa shape index (κ1) is 23.3. The van der Waals surface area contributed by atoms with Gasteiger partial charge in [0.1, 0.15) is 0 Å². The van der Waals surface area contributed by atoms with E-state index in [2.05, 4.69) is 56.0 Å². The van der Waals surface area contributed by atoms with E-state index in [4.69, 9.17) is 4.74 Å². The Balaban J connectivity index is 1.97. The van der Waals surface area contributed by atoms with Crippen LogP contribution in [0, 0.1) is 0 Å². The van der Waals surface area contributed by atoms with Crippen molar-refractivity contribution in [3.63, 3.8) is 0 Å². The summed E-state index contributed by atoms with van der Waals surface area (Å²) in [6.45, 7) is 8.58. The van der Waals surface area contributed by atoms with Crippen LogP contribution in [0.2, 0.25) is 0 Å². The predicted molar refractivity (Wildman–Crippen MR) is 126 cm³/mol. The molecule has 0 saturated heterocycles. The van der Waals surface area contributed by atoms with E-state index in [0.29, 0.717) is 13.0 Å². The zero-order valence-corrected chi connectivity index (χ0v) is 18.9. The zero-order chi connectivity index (χ0) is 20.2. The SMILES string of the molecule is C=C1/C=C\C(=C/C)CCCOC(C)(O)CCc2ccc(cc2)CCSSCC1. The maximum atomic E-state index is 10.5. The number of hydrogen-bond acceptors (Lipinski definition) is 4. The third-order valence-electron chi connectivity index (χ3n) is 4.89. The lowest BCUT2D eigenvalue weighted by molar-refractivity contribution is -0.193. The molecule has 2 heterocycles. The molecule has 0 fully saturated rings. The minimum atomic E-state index is -1.08. The van der Waals surface area contributed by atoms with Crippen molar-refractivity contribution < 1.29 is 9.84 Å². The van der Waals surface area contributed by atoms with Crippen molar-refractivity contribution in [3.8, 4) is 0 Å². The summed E-state index contributed by atoms with van der Waals surface area (Å²) >= 11 is 0. The standard InChI is InChI=1S/C24H34O2S2/c1-4-21-6-5-17-26-24(3,25)16-13-22-9-11-23(12-10-22)15-19-28-27-18-14-20(2)7-8-21/h4,7-12,25H,2,5-6,13-19H2,1,3H3/b8-7-,21-4-. The lowest BCUT2D eigenvalue weighted by Crippen LogP contribution is -2.29. The minimum absolute atomic E-state index is 0.561. The van der Waals surface area contributed by atoms with Gasteiger partial charge in [0.25, 0.3) is 0 Å². The monoisotopic (exact) mass is 418 g/mol. The van der Waals surface area contributed by atoms with Crippen LogP contribution in [0.4, 0.5) is 0 Å². The number of aliphatic hydroxyl groups is 1. The fraction of sp³-hybridized carbons (Fsp3) is 0.500. The summed E-state index contributed by atoms with van der Waals surface area (Å²) in [6.07, 6.45) is 11.8. The molecule has 1 atom stereocenters. The predicted octanol–water partition coefficient (Wildman–Crippen LogP) is 6.51. The fourth-order valence-electron chi connectivity index (χ4n) is 2.97. The maximum Gasteiger partial charge on any atom is 0.162 e. The van der Waals surface area contributed by atoms with E-state index in [9.17, 15) is 5.11 Å². The molecular formula is C24H34O2S2. The van der Waals surface area contributed by atoms with Crippen LogP contribution in [-0.4, -0.2) is 29.0 Å². The van der Waals surface area contributed by atoms with Crippen LogP contribution in [0.25, 0.3) is 0 Å². The number of benzene rings is 1. The van der Waals surface area contributed by atoms with Crippen molar-refractivity contribution >= 4 is 21.6 Å². The second-order valence-corrected chi connectivity index (χ2v) is 10.1. The topological polar surface area (TPSA) is 29.5 Å². The van der Waals surface area contributed by atoms with E-state index >= 15 is 0 Å². The maximum absolute atomic E-state index is 10.5. The van der Waals surface area contributed by atoms with Gasteiger partial charge in [0.15, 0.2) is 5.79 Å². The van der Waals surface area contributed by atoms with Crippen molar-refractivity contribution in [3.05, 3.63) is 71.3 Å². The second-order valence-electron chi connectivity index (χ2n) is 7.44. The Kier molecular flexibility index (Phi) is 10.5. The molecule has 1 aromatic carbocycles. The van der Waals surface area contributed by atoms with Crippen LogP contribution in [0.15, 0.2) is 60.2 Å². The third kappa shape index (κ3) is 9.51. The van der Waals surface area contributed by atoms with Crippen LogP contribution in [0.1, 0.15) is 50.7 Å². The summed E-state index contributed by atoms with van der Waals surface area (Å²) in [7, 11) is 3.88. The molecule has 2 aliphatic heterocycles. The number of ether oxygens (including phenoxy) is 1. The first-order valence-electron chi connectivity index (χ1n) is 10.2. The summed E-state index contributed by atoms with van der Waals surface area (Å²) in [6, 6.07) is 8.78. The average Bonchev–Trinajstić information content (AvgIpc) is 2.69. The van der Waals surface area contributed by atoms with E-state index in [1.54, 1.807) is 6.92 Å². The number of fused-ring (bicyclic) bond motifs is 17. The lowest BCUT2D eigenvalue weighted by Gasteiger charge is -2.24. The molecule has 2 nitrogen and oxygen atoms in total. The van der Waals surface area contributed by atoms with Gasteiger partial charge in [0.05, 0.1) is 6.61 Å². The van der Waals surface area contributed by atoms with Gasteiger partial charge in [-0.15, -0.1) is 0 Å². The molecule has 2 aliphatic rings. The van der Waals surface area contributed by atoms with Crippen molar-refractivity contribution in [1.29, 1.82) is 0 Å². The first-order valence-corrected chi connectivity index (χ1v) is 12.7. The Morgan fingerprint density at radius 2 is 1.64 bits per heavy atom. The molecule has 1 unspecified atom stereocenters. The molecule has 0 radical (unpaired) electrons. The van der Waals surface area contributed by atoms with Gasteiger partial charge >= 0.3 is 0 Å². The van der Waals surface area contributed by atoms with Crippen LogP contribution < -0.4 is 0 Å². The van der Waals surface area contributed by atoms with Gasteiger partial charge in [0, 0.05) is 17.9 Å². The third-order valence-corrected chi connectivity index (χ3v) is 7.30. The van der Waals surface area contributed by atoms with Crippen LogP contribution in [0.3, 0.4) is 0 Å². The Morgan fingerprint density at radius 3 is 2.32 bits per heavy atom. The highest BCUT2D eigenvalue weighted by Crippen LogP contribution is 2.25. The quantitative estimate of drug-likeness (QED) is 0.486. The molecule has 0 aliphatic carbocycles. The van der Waals surface area contributed by atoms with Crippen LogP contribution in [0.5, 0.6) is 0 Å². The molecule has 4 heteroatoms. The van der Waals surface area contributed by atoms with Crippen molar-refractivity contribution in [1.82, 2.24) is 0 Å². The largest absolute Gasteiger partial charge is 0.366 e. The van der Waals surface area contributed by atoms with Gasteiger partial charge in [-0.3, -0.25) is 0 Å². The smallest absolute Gasteiger partial charge is 0.162 e. The fourth-order valence-corrected chi connectivity index (χ4v) is 5.08. The molecule has 0 amide bonds. The molecule has 0 aromatic heterocycles. The zero-order valence-electron chi connectivity index (χ0n) is 17.3. The highest BCUT2D eigenvalue weighted by Gasteiger charge is 2.20. The lowest BCUT2D eigenvalue weighted by atomic mass is 10.0. The highest BCUT2D eigenvalue weighted by atomic mass is 33.1. The van der Waals surface area contributed by atoms with Gasteiger partial charge < -0.3 is 9.84 Å². The molecule has 28 heavy (non-hydrogen) atoms. The summed E-state index contributed by atoms with van der Waals surface area (Å²) in [5.74, 6) is 1.14. The van der Waals surface area contributed by atoms with Crippen LogP contribution >= 0.6 is 21.6 Å². The van der Waals surface area contributed by atoms with E-state index in [0.717, 1.165) is 43.6 Å². The second kappa shape index (κ2) is 12.6. The Morgan fingerprint density at radius 1 is 1.00 bits per heavy atom. The number of hydrogen-bond donors (Lipinski definition) is 1.